The summed E-state index contributed by atoms with van der Waals surface area (Å²) in [5.41, 5.74) is 2.87. The normalized spacial score (nSPS) is 21.7. The molecule has 0 heterocycles. The zero-order valence-electron chi connectivity index (χ0n) is 15.6. The van der Waals surface area contributed by atoms with E-state index < -0.39 is 0 Å². The van der Waals surface area contributed by atoms with Crippen molar-refractivity contribution in [2.75, 3.05) is 13.7 Å². The molecule has 0 radical (unpaired) electrons. The molecule has 2 aromatic rings. The van der Waals surface area contributed by atoms with Crippen molar-refractivity contribution in [1.29, 1.82) is 0 Å². The third kappa shape index (κ3) is 5.34. The van der Waals surface area contributed by atoms with E-state index in [1.54, 1.807) is 7.11 Å². The molecule has 1 aliphatic rings. The maximum Gasteiger partial charge on any atom is 0.118 e. The summed E-state index contributed by atoms with van der Waals surface area (Å²) < 4.78 is 5.24. The van der Waals surface area contributed by atoms with Crippen molar-refractivity contribution < 1.29 is 4.74 Å². The Bertz CT molecular complexity index is 614. The van der Waals surface area contributed by atoms with E-state index >= 15 is 0 Å². The van der Waals surface area contributed by atoms with Crippen LogP contribution in [0.1, 0.15) is 49.7 Å². The van der Waals surface area contributed by atoms with Crippen molar-refractivity contribution in [2.24, 2.45) is 5.92 Å². The molecule has 1 atom stereocenters. The molecule has 0 aliphatic heterocycles. The molecule has 0 saturated heterocycles. The molecule has 1 N–H and O–H groups in total. The highest BCUT2D eigenvalue weighted by atomic mass is 16.5. The van der Waals surface area contributed by atoms with E-state index in [9.17, 15) is 0 Å². The van der Waals surface area contributed by atoms with Crippen molar-refractivity contribution in [3.63, 3.8) is 0 Å². The molecule has 2 nitrogen and oxygen atoms in total. The van der Waals surface area contributed by atoms with E-state index in [4.69, 9.17) is 4.74 Å². The van der Waals surface area contributed by atoms with Crippen LogP contribution < -0.4 is 10.1 Å². The number of ether oxygens (including phenoxy) is 1. The molecule has 0 spiro atoms. The Balaban J connectivity index is 1.39. The summed E-state index contributed by atoms with van der Waals surface area (Å²) in [6, 6.07) is 20.1. The van der Waals surface area contributed by atoms with Crippen LogP contribution in [0.25, 0.3) is 0 Å². The molecule has 25 heavy (non-hydrogen) atoms. The summed E-state index contributed by atoms with van der Waals surface area (Å²) in [7, 11) is 1.72. The fourth-order valence-electron chi connectivity index (χ4n) is 3.91. The zero-order valence-corrected chi connectivity index (χ0v) is 15.6. The van der Waals surface area contributed by atoms with Crippen LogP contribution in [0.4, 0.5) is 0 Å². The van der Waals surface area contributed by atoms with Crippen molar-refractivity contribution >= 4 is 0 Å². The van der Waals surface area contributed by atoms with Crippen molar-refractivity contribution in [3.05, 3.63) is 65.7 Å². The number of rotatable bonds is 7. The maximum absolute atomic E-state index is 5.24. The number of hydrogen-bond acceptors (Lipinski definition) is 2. The average molecular weight is 338 g/mol. The van der Waals surface area contributed by atoms with Crippen LogP contribution in [0.5, 0.6) is 5.75 Å². The maximum atomic E-state index is 5.24. The van der Waals surface area contributed by atoms with Gasteiger partial charge in [0.1, 0.15) is 5.75 Å². The molecule has 2 heteroatoms. The largest absolute Gasteiger partial charge is 0.497 e. The van der Waals surface area contributed by atoms with Crippen LogP contribution in [-0.4, -0.2) is 19.7 Å². The lowest BCUT2D eigenvalue weighted by Crippen LogP contribution is -2.35. The number of nitrogens with one attached hydrogen (secondary N) is 1. The lowest BCUT2D eigenvalue weighted by molar-refractivity contribution is 0.288. The van der Waals surface area contributed by atoms with Crippen LogP contribution in [0.3, 0.4) is 0 Å². The third-order valence-corrected chi connectivity index (χ3v) is 5.61. The van der Waals surface area contributed by atoms with Gasteiger partial charge in [0.15, 0.2) is 0 Å². The van der Waals surface area contributed by atoms with Gasteiger partial charge in [-0.25, -0.2) is 0 Å². The molecule has 1 aliphatic carbocycles. The van der Waals surface area contributed by atoms with Gasteiger partial charge in [0.2, 0.25) is 0 Å². The van der Waals surface area contributed by atoms with Crippen molar-refractivity contribution in [1.82, 2.24) is 5.32 Å². The van der Waals surface area contributed by atoms with Crippen LogP contribution in [0.15, 0.2) is 54.6 Å². The second-order valence-electron chi connectivity index (χ2n) is 7.49. The number of benzene rings is 2. The highest BCUT2D eigenvalue weighted by molar-refractivity contribution is 5.27. The Morgan fingerprint density at radius 2 is 1.64 bits per heavy atom. The van der Waals surface area contributed by atoms with E-state index in [-0.39, 0.29) is 0 Å². The molecule has 2 aromatic carbocycles. The summed E-state index contributed by atoms with van der Waals surface area (Å²) in [5, 5.41) is 3.80. The van der Waals surface area contributed by atoms with Crippen LogP contribution in [0.2, 0.25) is 0 Å². The topological polar surface area (TPSA) is 21.3 Å². The van der Waals surface area contributed by atoms with Crippen molar-refractivity contribution in [3.8, 4) is 5.75 Å². The lowest BCUT2D eigenvalue weighted by atomic mass is 9.82. The van der Waals surface area contributed by atoms with E-state index in [2.05, 4.69) is 66.8 Å². The highest BCUT2D eigenvalue weighted by Crippen LogP contribution is 2.28. The molecule has 1 saturated carbocycles. The van der Waals surface area contributed by atoms with E-state index in [1.807, 2.05) is 0 Å². The molecule has 134 valence electrons. The Labute approximate surface area is 152 Å². The van der Waals surface area contributed by atoms with Crippen molar-refractivity contribution in [2.45, 2.75) is 51.0 Å². The average Bonchev–Trinajstić information content (AvgIpc) is 2.68. The predicted octanol–water partition coefficient (Wildman–Crippen LogP) is 5.19. The first-order valence-corrected chi connectivity index (χ1v) is 9.66. The van der Waals surface area contributed by atoms with Gasteiger partial charge in [0.05, 0.1) is 7.11 Å². The van der Waals surface area contributed by atoms with Gasteiger partial charge in [-0.2, -0.15) is 0 Å². The minimum atomic E-state index is 0.582. The van der Waals surface area contributed by atoms with Gasteiger partial charge in [0.25, 0.3) is 0 Å². The van der Waals surface area contributed by atoms with Gasteiger partial charge >= 0.3 is 0 Å². The minimum Gasteiger partial charge on any atom is -0.497 e. The second kappa shape index (κ2) is 9.05. The Morgan fingerprint density at radius 3 is 2.28 bits per heavy atom. The first-order valence-electron chi connectivity index (χ1n) is 9.66. The summed E-state index contributed by atoms with van der Waals surface area (Å²) in [6.45, 7) is 3.40. The summed E-state index contributed by atoms with van der Waals surface area (Å²) >= 11 is 0. The number of hydrogen-bond donors (Lipinski definition) is 1. The standard InChI is InChI=1S/C23H31NO/c1-18(21-6-4-3-5-7-21)17-24-22-12-8-19(9-13-22)16-20-10-14-23(25-2)15-11-20/h3-7,10-11,14-15,18-19,22,24H,8-9,12-13,16-17H2,1-2H3/t18-,19-,22-/m0/s1. The molecule has 0 unspecified atom stereocenters. The smallest absolute Gasteiger partial charge is 0.118 e. The third-order valence-electron chi connectivity index (χ3n) is 5.61. The van der Waals surface area contributed by atoms with E-state index in [0.29, 0.717) is 12.0 Å². The molecular weight excluding hydrogens is 306 g/mol. The fourth-order valence-corrected chi connectivity index (χ4v) is 3.91. The van der Waals surface area contributed by atoms with E-state index in [1.165, 1.54) is 43.2 Å². The van der Waals surface area contributed by atoms with Gasteiger partial charge < -0.3 is 10.1 Å². The molecule has 3 rings (SSSR count). The predicted molar refractivity (Wildman–Crippen MR) is 105 cm³/mol. The quantitative estimate of drug-likeness (QED) is 0.751. The van der Waals surface area contributed by atoms with Gasteiger partial charge in [-0.1, -0.05) is 49.4 Å². The Kier molecular flexibility index (Phi) is 6.52. The van der Waals surface area contributed by atoms with Crippen LogP contribution >= 0.6 is 0 Å². The molecular formula is C23H31NO. The lowest BCUT2D eigenvalue weighted by Gasteiger charge is -2.30. The SMILES string of the molecule is COc1ccc(C[C@H]2CC[C@H](NC[C@H](C)c3ccccc3)CC2)cc1. The first kappa shape index (κ1) is 18.0. The number of methoxy groups -OCH3 is 1. The van der Waals surface area contributed by atoms with Gasteiger partial charge in [-0.3, -0.25) is 0 Å². The van der Waals surface area contributed by atoms with Crippen LogP contribution in [0, 0.1) is 5.92 Å². The first-order chi connectivity index (χ1) is 12.2. The highest BCUT2D eigenvalue weighted by Gasteiger charge is 2.21. The summed E-state index contributed by atoms with van der Waals surface area (Å²) in [5.74, 6) is 2.36. The molecule has 0 amide bonds. The fraction of sp³-hybridized carbons (Fsp3) is 0.478. The van der Waals surface area contributed by atoms with Gasteiger partial charge in [-0.05, 0) is 67.2 Å². The minimum absolute atomic E-state index is 0.582. The molecule has 0 aromatic heterocycles. The van der Waals surface area contributed by atoms with Gasteiger partial charge in [0, 0.05) is 12.6 Å². The summed E-state index contributed by atoms with van der Waals surface area (Å²) in [6.07, 6.45) is 6.49. The van der Waals surface area contributed by atoms with Crippen LogP contribution in [-0.2, 0) is 6.42 Å². The second-order valence-corrected chi connectivity index (χ2v) is 7.49. The van der Waals surface area contributed by atoms with Gasteiger partial charge in [-0.15, -0.1) is 0 Å². The Hall–Kier alpha value is -1.80. The summed E-state index contributed by atoms with van der Waals surface area (Å²) in [4.78, 5) is 0. The molecule has 1 fully saturated rings. The van der Waals surface area contributed by atoms with E-state index in [0.717, 1.165) is 18.2 Å². The zero-order chi connectivity index (χ0) is 17.5. The Morgan fingerprint density at radius 1 is 0.960 bits per heavy atom. The monoisotopic (exact) mass is 337 g/mol. The molecule has 0 bridgehead atoms.